The molecule has 0 unspecified atom stereocenters. The Morgan fingerprint density at radius 3 is 1.24 bits per heavy atom. The average Bonchev–Trinajstić information content (AvgIpc) is 4.19. The van der Waals surface area contributed by atoms with Gasteiger partial charge >= 0.3 is 0 Å². The van der Waals surface area contributed by atoms with Gasteiger partial charge in [-0.1, -0.05) is 164 Å². The molecule has 63 heavy (non-hydrogen) atoms. The fraction of sp³-hybridized carbons (Fsp3) is 0.0169. The SMILES string of the molecule is C/C=C\C=C(/S)c1ccc2c(-c3ccc(-c4cccs4)cc3)c3c(-c4ccccc4)c4cc(-c5cccs5)ccc4c(-c4ccc(-c5cccs5)cc4)c3c(-c3ccccc3)c2c1. The Bertz CT molecular complexity index is 3450. The fourth-order valence-electron chi connectivity index (χ4n) is 9.16. The second kappa shape index (κ2) is 17.0. The standard InChI is InChI=1S/C59H40S4/c1-2-3-17-50(60)44-29-31-46-48(36-44)56(40-13-6-4-7-14-40)58-55(43-27-23-39(24-28-43)52-19-11-34-62-52)47-32-30-45(53-20-12-35-63-53)37-49(47)57(41-15-8-5-9-16-41)59(58)54(46)42-25-21-38(22-26-42)51-18-10-33-61-51/h2-37,60H,1H3/b3-2-,50-17-. The Labute approximate surface area is 385 Å². The van der Waals surface area contributed by atoms with Gasteiger partial charge in [0.2, 0.25) is 0 Å². The van der Waals surface area contributed by atoms with Crippen molar-refractivity contribution < 1.29 is 0 Å². The topological polar surface area (TPSA) is 0 Å². The maximum Gasteiger partial charge on any atom is 0.0342 e. The van der Waals surface area contributed by atoms with E-state index >= 15 is 0 Å². The van der Waals surface area contributed by atoms with E-state index in [1.807, 2.05) is 13.0 Å². The third-order valence-electron chi connectivity index (χ3n) is 12.0. The molecule has 0 aliphatic carbocycles. The predicted octanol–water partition coefficient (Wildman–Crippen LogP) is 18.8. The zero-order valence-corrected chi connectivity index (χ0v) is 37.8. The Hall–Kier alpha value is -6.53. The number of rotatable bonds is 9. The molecule has 0 N–H and O–H groups in total. The van der Waals surface area contributed by atoms with E-state index in [9.17, 15) is 0 Å². The van der Waals surface area contributed by atoms with Crippen molar-refractivity contribution in [1.29, 1.82) is 0 Å². The lowest BCUT2D eigenvalue weighted by Gasteiger charge is -2.26. The minimum absolute atomic E-state index is 0.921. The molecule has 11 rings (SSSR count). The largest absolute Gasteiger partial charge is 0.144 e. The van der Waals surface area contributed by atoms with Gasteiger partial charge < -0.3 is 0 Å². The first kappa shape index (κ1) is 39.3. The van der Waals surface area contributed by atoms with E-state index in [1.54, 1.807) is 34.0 Å². The lowest BCUT2D eigenvalue weighted by Crippen LogP contribution is -1.98. The molecule has 0 bridgehead atoms. The van der Waals surface area contributed by atoms with Crippen molar-refractivity contribution in [2.45, 2.75) is 6.92 Å². The predicted molar refractivity (Wildman–Crippen MR) is 282 cm³/mol. The molecule has 0 aliphatic heterocycles. The van der Waals surface area contributed by atoms with Crippen molar-refractivity contribution >= 4 is 83.9 Å². The van der Waals surface area contributed by atoms with Crippen LogP contribution in [0.15, 0.2) is 216 Å². The van der Waals surface area contributed by atoms with Gasteiger partial charge in [-0.3, -0.25) is 0 Å². The van der Waals surface area contributed by atoms with Crippen molar-refractivity contribution in [3.63, 3.8) is 0 Å². The van der Waals surface area contributed by atoms with Gasteiger partial charge in [-0.2, -0.15) is 0 Å². The summed E-state index contributed by atoms with van der Waals surface area (Å²) in [6.07, 6.45) is 6.20. The summed E-state index contributed by atoms with van der Waals surface area (Å²) in [6.45, 7) is 2.04. The normalized spacial score (nSPS) is 12.0. The second-order valence-corrected chi connectivity index (χ2v) is 19.0. The monoisotopic (exact) mass is 876 g/mol. The Morgan fingerprint density at radius 1 is 0.381 bits per heavy atom. The minimum Gasteiger partial charge on any atom is -0.144 e. The van der Waals surface area contributed by atoms with Gasteiger partial charge in [0, 0.05) is 19.5 Å². The zero-order valence-electron chi connectivity index (χ0n) is 34.5. The maximum absolute atomic E-state index is 5.08. The molecule has 0 amide bonds. The van der Waals surface area contributed by atoms with E-state index in [2.05, 4.69) is 210 Å². The molecule has 3 heterocycles. The van der Waals surface area contributed by atoms with Crippen molar-refractivity contribution in [2.75, 3.05) is 0 Å². The molecule has 0 nitrogen and oxygen atoms in total. The number of hydrogen-bond donors (Lipinski definition) is 1. The summed E-state index contributed by atoms with van der Waals surface area (Å²) in [7, 11) is 0. The zero-order chi connectivity index (χ0) is 42.3. The Morgan fingerprint density at radius 2 is 0.778 bits per heavy atom. The van der Waals surface area contributed by atoms with Gasteiger partial charge in [-0.15, -0.1) is 46.6 Å². The molecule has 4 heteroatoms. The summed E-state index contributed by atoms with van der Waals surface area (Å²) in [6, 6.07) is 67.8. The van der Waals surface area contributed by atoms with Crippen LogP contribution in [0.3, 0.4) is 0 Å². The van der Waals surface area contributed by atoms with Gasteiger partial charge in [0.15, 0.2) is 0 Å². The molecule has 11 aromatic rings. The summed E-state index contributed by atoms with van der Waals surface area (Å²) in [5, 5.41) is 13.8. The van der Waals surface area contributed by atoms with Crippen LogP contribution < -0.4 is 0 Å². The van der Waals surface area contributed by atoms with Gasteiger partial charge in [0.25, 0.3) is 0 Å². The fourth-order valence-corrected chi connectivity index (χ4v) is 11.6. The second-order valence-electron chi connectivity index (χ2n) is 15.7. The summed E-state index contributed by atoms with van der Waals surface area (Å²) >= 11 is 10.4. The highest BCUT2D eigenvalue weighted by Crippen LogP contribution is 2.54. The van der Waals surface area contributed by atoms with Gasteiger partial charge in [0.1, 0.15) is 0 Å². The molecule has 0 saturated carbocycles. The van der Waals surface area contributed by atoms with E-state index in [-0.39, 0.29) is 0 Å². The molecule has 0 spiro atoms. The molecule has 0 atom stereocenters. The molecule has 0 aliphatic rings. The molecular formula is C59H40S4. The van der Waals surface area contributed by atoms with Crippen LogP contribution in [-0.4, -0.2) is 0 Å². The summed E-state index contributed by atoms with van der Waals surface area (Å²) in [5.74, 6) is 0. The highest BCUT2D eigenvalue weighted by atomic mass is 32.1. The number of fused-ring (bicyclic) bond motifs is 3. The molecule has 0 radical (unpaired) electrons. The van der Waals surface area contributed by atoms with Crippen LogP contribution in [-0.2, 0) is 0 Å². The first-order chi connectivity index (χ1) is 31.1. The van der Waals surface area contributed by atoms with E-state index < -0.39 is 0 Å². The summed E-state index contributed by atoms with van der Waals surface area (Å²) in [5.41, 5.74) is 14.4. The van der Waals surface area contributed by atoms with Crippen molar-refractivity contribution in [3.05, 3.63) is 222 Å². The third-order valence-corrected chi connectivity index (χ3v) is 15.2. The smallest absolute Gasteiger partial charge is 0.0342 e. The van der Waals surface area contributed by atoms with E-state index in [1.165, 1.54) is 108 Å². The number of allylic oxidation sites excluding steroid dienone is 3. The van der Waals surface area contributed by atoms with Crippen molar-refractivity contribution in [1.82, 2.24) is 0 Å². The van der Waals surface area contributed by atoms with Crippen LogP contribution >= 0.6 is 46.6 Å². The number of thiol groups is 1. The quantitative estimate of drug-likeness (QED) is 0.0834. The first-order valence-electron chi connectivity index (χ1n) is 21.1. The van der Waals surface area contributed by atoms with Gasteiger partial charge in [-0.25, -0.2) is 0 Å². The molecule has 0 saturated heterocycles. The molecule has 300 valence electrons. The van der Waals surface area contributed by atoms with Crippen LogP contribution in [0.5, 0.6) is 0 Å². The molecule has 0 fully saturated rings. The van der Waals surface area contributed by atoms with Gasteiger partial charge in [0.05, 0.1) is 0 Å². The van der Waals surface area contributed by atoms with Crippen LogP contribution in [0.1, 0.15) is 12.5 Å². The number of thiophene rings is 3. The highest BCUT2D eigenvalue weighted by molar-refractivity contribution is 7.90. The van der Waals surface area contributed by atoms with Crippen LogP contribution in [0.2, 0.25) is 0 Å². The van der Waals surface area contributed by atoms with E-state index in [4.69, 9.17) is 12.6 Å². The average molecular weight is 877 g/mol. The van der Waals surface area contributed by atoms with Crippen LogP contribution in [0.25, 0.3) is 113 Å². The molecule has 8 aromatic carbocycles. The van der Waals surface area contributed by atoms with E-state index in [0.717, 1.165) is 10.5 Å². The van der Waals surface area contributed by atoms with Crippen molar-refractivity contribution in [3.8, 4) is 75.8 Å². The number of hydrogen-bond acceptors (Lipinski definition) is 4. The van der Waals surface area contributed by atoms with Crippen LogP contribution in [0, 0.1) is 0 Å². The molecular weight excluding hydrogens is 837 g/mol. The third kappa shape index (κ3) is 7.19. The number of benzene rings is 8. The lowest BCUT2D eigenvalue weighted by molar-refractivity contribution is 1.62. The summed E-state index contributed by atoms with van der Waals surface area (Å²) in [4.78, 5) is 4.71. The van der Waals surface area contributed by atoms with E-state index in [0.29, 0.717) is 0 Å². The minimum atomic E-state index is 0.921. The van der Waals surface area contributed by atoms with Crippen molar-refractivity contribution in [2.24, 2.45) is 0 Å². The first-order valence-corrected chi connectivity index (χ1v) is 24.2. The summed E-state index contributed by atoms with van der Waals surface area (Å²) < 4.78 is 0. The van der Waals surface area contributed by atoms with Gasteiger partial charge in [-0.05, 0) is 159 Å². The Balaban J connectivity index is 1.39. The lowest BCUT2D eigenvalue weighted by atomic mass is 9.77. The Kier molecular flexibility index (Phi) is 10.6. The van der Waals surface area contributed by atoms with Crippen LogP contribution in [0.4, 0.5) is 0 Å². The highest BCUT2D eigenvalue weighted by Gasteiger charge is 2.27. The maximum atomic E-state index is 5.08. The molecule has 3 aromatic heterocycles.